The van der Waals surface area contributed by atoms with Gasteiger partial charge in [0.1, 0.15) is 0 Å². The maximum atomic E-state index is 12.8. The van der Waals surface area contributed by atoms with Gasteiger partial charge in [0.25, 0.3) is 5.78 Å². The summed E-state index contributed by atoms with van der Waals surface area (Å²) in [5.74, 6) is -2.19. The van der Waals surface area contributed by atoms with E-state index in [9.17, 15) is 22.8 Å². The molecule has 1 saturated heterocycles. The van der Waals surface area contributed by atoms with Gasteiger partial charge in [-0.2, -0.15) is 13.2 Å². The predicted octanol–water partition coefficient (Wildman–Crippen LogP) is 3.08. The number of Topliss-reactive ketones (excluding diaryl/α,β-unsaturated/α-hetero) is 1. The molecule has 1 heterocycles. The first-order valence-corrected chi connectivity index (χ1v) is 7.84. The molecule has 2 rings (SSSR count). The lowest BCUT2D eigenvalue weighted by molar-refractivity contribution is -0.168. The molecule has 0 aromatic heterocycles. The number of halogens is 3. The third-order valence-corrected chi connectivity index (χ3v) is 4.56. The van der Waals surface area contributed by atoms with Crippen molar-refractivity contribution >= 4 is 11.8 Å². The fourth-order valence-electron chi connectivity index (χ4n) is 3.37. The van der Waals surface area contributed by atoms with Crippen molar-refractivity contribution in [2.75, 3.05) is 19.7 Å². The first kappa shape index (κ1) is 17.8. The highest BCUT2D eigenvalue weighted by atomic mass is 19.4. The normalized spacial score (nSPS) is 21.9. The number of piperidine rings is 1. The van der Waals surface area contributed by atoms with Gasteiger partial charge in [0.2, 0.25) is 0 Å². The average molecular weight is 333 g/mol. The summed E-state index contributed by atoms with van der Waals surface area (Å²) >= 11 is 0. The van der Waals surface area contributed by atoms with E-state index < -0.39 is 17.4 Å². The minimum Gasteiger partial charge on any atom is -0.466 e. The summed E-state index contributed by atoms with van der Waals surface area (Å²) < 4.78 is 43.4. The second-order valence-corrected chi connectivity index (χ2v) is 6.72. The monoisotopic (exact) mass is 333 g/mol. The van der Waals surface area contributed by atoms with E-state index in [0.717, 1.165) is 0 Å². The largest absolute Gasteiger partial charge is 0.466 e. The number of likely N-dealkylation sites (tertiary alicyclic amines) is 1. The van der Waals surface area contributed by atoms with Crippen molar-refractivity contribution in [1.82, 2.24) is 4.90 Å². The highest BCUT2D eigenvalue weighted by molar-refractivity contribution is 6.02. The predicted molar refractivity (Wildman–Crippen MR) is 77.4 cm³/mol. The van der Waals surface area contributed by atoms with Crippen molar-refractivity contribution in [3.63, 3.8) is 0 Å². The highest BCUT2D eigenvalue weighted by Gasteiger charge is 2.52. The Bertz CT molecular complexity index is 529. The van der Waals surface area contributed by atoms with Crippen LogP contribution in [-0.2, 0) is 14.3 Å². The number of hydrogen-bond donors (Lipinski definition) is 0. The molecule has 0 bridgehead atoms. The summed E-state index contributed by atoms with van der Waals surface area (Å²) in [6.45, 7) is 6.32. The summed E-state index contributed by atoms with van der Waals surface area (Å²) in [6, 6.07) is 0. The van der Waals surface area contributed by atoms with E-state index >= 15 is 0 Å². The van der Waals surface area contributed by atoms with Gasteiger partial charge in [-0.15, -0.1) is 0 Å². The Balaban J connectivity index is 2.10. The van der Waals surface area contributed by atoms with Gasteiger partial charge in [0.05, 0.1) is 12.5 Å². The zero-order valence-corrected chi connectivity index (χ0v) is 13.6. The molecule has 0 aromatic rings. The van der Waals surface area contributed by atoms with Crippen LogP contribution in [0.3, 0.4) is 0 Å². The second kappa shape index (κ2) is 6.17. The quantitative estimate of drug-likeness (QED) is 0.742. The summed E-state index contributed by atoms with van der Waals surface area (Å²) in [5, 5.41) is 0. The van der Waals surface area contributed by atoms with Crippen LogP contribution < -0.4 is 0 Å². The number of allylic oxidation sites excluding steroid dienone is 2. The Hall–Kier alpha value is -1.53. The maximum Gasteiger partial charge on any atom is 0.454 e. The zero-order valence-electron chi connectivity index (χ0n) is 13.6. The van der Waals surface area contributed by atoms with Gasteiger partial charge in [0.15, 0.2) is 0 Å². The van der Waals surface area contributed by atoms with Crippen LogP contribution >= 0.6 is 0 Å². The summed E-state index contributed by atoms with van der Waals surface area (Å²) in [7, 11) is 0. The van der Waals surface area contributed by atoms with Gasteiger partial charge >= 0.3 is 12.1 Å². The van der Waals surface area contributed by atoms with Crippen molar-refractivity contribution < 1.29 is 27.5 Å². The smallest absolute Gasteiger partial charge is 0.454 e. The minimum absolute atomic E-state index is 0.125. The Morgan fingerprint density at radius 2 is 1.83 bits per heavy atom. The second-order valence-electron chi connectivity index (χ2n) is 6.72. The Morgan fingerprint density at radius 1 is 1.26 bits per heavy atom. The molecule has 0 saturated carbocycles. The summed E-state index contributed by atoms with van der Waals surface area (Å²) in [4.78, 5) is 25.2. The van der Waals surface area contributed by atoms with E-state index in [4.69, 9.17) is 4.74 Å². The van der Waals surface area contributed by atoms with Crippen molar-refractivity contribution in [3.05, 3.63) is 11.3 Å². The molecular formula is C16H22F3NO3. The molecule has 2 aliphatic rings. The first-order chi connectivity index (χ1) is 10.6. The van der Waals surface area contributed by atoms with E-state index in [2.05, 4.69) is 0 Å². The maximum absolute atomic E-state index is 12.8. The van der Waals surface area contributed by atoms with Crippen LogP contribution in [0.15, 0.2) is 11.3 Å². The van der Waals surface area contributed by atoms with Crippen LogP contribution in [0.5, 0.6) is 0 Å². The van der Waals surface area contributed by atoms with Gasteiger partial charge in [-0.25, -0.2) is 0 Å². The van der Waals surface area contributed by atoms with Gasteiger partial charge in [-0.05, 0) is 26.2 Å². The number of rotatable bonds is 4. The van der Waals surface area contributed by atoms with Crippen molar-refractivity contribution in [2.24, 2.45) is 11.3 Å². The molecule has 7 heteroatoms. The molecule has 1 aliphatic heterocycles. The van der Waals surface area contributed by atoms with Crippen LogP contribution in [0.25, 0.3) is 0 Å². The van der Waals surface area contributed by atoms with E-state index in [-0.39, 0.29) is 17.5 Å². The van der Waals surface area contributed by atoms with Crippen LogP contribution in [0, 0.1) is 11.3 Å². The molecule has 0 spiro atoms. The molecule has 0 radical (unpaired) electrons. The van der Waals surface area contributed by atoms with Crippen molar-refractivity contribution in [3.8, 4) is 0 Å². The molecule has 130 valence electrons. The molecular weight excluding hydrogens is 311 g/mol. The van der Waals surface area contributed by atoms with Gasteiger partial charge < -0.3 is 9.64 Å². The lowest BCUT2D eigenvalue weighted by Crippen LogP contribution is -2.46. The molecule has 0 unspecified atom stereocenters. The van der Waals surface area contributed by atoms with Gasteiger partial charge in [0, 0.05) is 29.8 Å². The number of ketones is 1. The number of ether oxygens (including phenoxy) is 1. The molecule has 23 heavy (non-hydrogen) atoms. The Labute approximate surface area is 133 Å². The van der Waals surface area contributed by atoms with Crippen molar-refractivity contribution in [2.45, 2.75) is 46.2 Å². The summed E-state index contributed by atoms with van der Waals surface area (Å²) in [5.41, 5.74) is -0.390. The number of carbonyl (C=O) groups is 2. The van der Waals surface area contributed by atoms with E-state index in [1.165, 1.54) is 0 Å². The minimum atomic E-state index is -4.85. The van der Waals surface area contributed by atoms with Crippen LogP contribution in [0.4, 0.5) is 13.2 Å². The standard InChI is InChI=1S/C16H22F3NO3/c1-4-23-14(22)10-5-7-20(8-6-10)11-9-15(2,3)12(11)13(21)16(17,18)19/h10H,4-9H2,1-3H3. The molecule has 0 atom stereocenters. The topological polar surface area (TPSA) is 46.6 Å². The van der Waals surface area contributed by atoms with Gasteiger partial charge in [-0.3, -0.25) is 9.59 Å². The van der Waals surface area contributed by atoms with Crippen molar-refractivity contribution in [1.29, 1.82) is 0 Å². The number of nitrogens with zero attached hydrogens (tertiary/aromatic N) is 1. The van der Waals surface area contributed by atoms with Crippen LogP contribution in [0.2, 0.25) is 0 Å². The summed E-state index contributed by atoms with van der Waals surface area (Å²) in [6.07, 6.45) is -3.32. The Kier molecular flexibility index (Phi) is 4.78. The molecule has 1 aliphatic carbocycles. The molecule has 0 aromatic carbocycles. The fourth-order valence-corrected chi connectivity index (χ4v) is 3.37. The number of alkyl halides is 3. The van der Waals surface area contributed by atoms with Crippen LogP contribution in [-0.4, -0.2) is 42.5 Å². The SMILES string of the molecule is CCOC(=O)C1CCN(C2=C(C(=O)C(F)(F)F)C(C)(C)C2)CC1. The number of esters is 1. The average Bonchev–Trinajstić information content (AvgIpc) is 2.44. The number of hydrogen-bond acceptors (Lipinski definition) is 4. The first-order valence-electron chi connectivity index (χ1n) is 7.84. The molecule has 1 fully saturated rings. The fraction of sp³-hybridized carbons (Fsp3) is 0.750. The zero-order chi connectivity index (χ0) is 17.4. The van der Waals surface area contributed by atoms with Gasteiger partial charge in [-0.1, -0.05) is 13.8 Å². The third-order valence-electron chi connectivity index (χ3n) is 4.56. The van der Waals surface area contributed by atoms with E-state index in [1.54, 1.807) is 20.8 Å². The van der Waals surface area contributed by atoms with E-state index in [0.29, 0.717) is 44.7 Å². The number of carbonyl (C=O) groups excluding carboxylic acids is 2. The van der Waals surface area contributed by atoms with E-state index in [1.807, 2.05) is 4.90 Å². The van der Waals surface area contributed by atoms with Crippen LogP contribution in [0.1, 0.15) is 40.0 Å². The highest BCUT2D eigenvalue weighted by Crippen LogP contribution is 2.50. The molecule has 0 amide bonds. The third kappa shape index (κ3) is 3.53. The lowest BCUT2D eigenvalue weighted by Gasteiger charge is -2.47. The molecule has 0 N–H and O–H groups in total. The Morgan fingerprint density at radius 3 is 2.26 bits per heavy atom. The lowest BCUT2D eigenvalue weighted by atomic mass is 9.66. The molecule has 4 nitrogen and oxygen atoms in total.